The van der Waals surface area contributed by atoms with Crippen molar-refractivity contribution in [3.05, 3.63) is 28.7 Å². The van der Waals surface area contributed by atoms with E-state index in [0.29, 0.717) is 11.7 Å². The van der Waals surface area contributed by atoms with Crippen molar-refractivity contribution in [2.45, 2.75) is 32.6 Å². The van der Waals surface area contributed by atoms with Crippen molar-refractivity contribution < 1.29 is 9.53 Å². The van der Waals surface area contributed by atoms with Crippen LogP contribution < -0.4 is 10.2 Å². The Morgan fingerprint density at radius 2 is 2.20 bits per heavy atom. The van der Waals surface area contributed by atoms with E-state index in [1.54, 1.807) is 0 Å². The van der Waals surface area contributed by atoms with Crippen LogP contribution in [0.15, 0.2) is 33.8 Å². The first-order valence-electron chi connectivity index (χ1n) is 6.92. The molecule has 1 fully saturated rings. The van der Waals surface area contributed by atoms with Gasteiger partial charge in [0, 0.05) is 10.2 Å². The highest BCUT2D eigenvalue weighted by Crippen LogP contribution is 2.24. The first kappa shape index (κ1) is 15.0. The van der Waals surface area contributed by atoms with Crippen LogP contribution in [0, 0.1) is 5.92 Å². The van der Waals surface area contributed by atoms with Gasteiger partial charge < -0.3 is 4.74 Å². The Labute approximate surface area is 127 Å². The van der Waals surface area contributed by atoms with Crippen LogP contribution in [0.2, 0.25) is 0 Å². The second kappa shape index (κ2) is 7.43. The molecule has 0 spiro atoms. The highest BCUT2D eigenvalue weighted by atomic mass is 79.9. The average molecular weight is 339 g/mol. The fraction of sp³-hybridized carbons (Fsp3) is 0.467. The van der Waals surface area contributed by atoms with Crippen LogP contribution in [-0.4, -0.2) is 18.2 Å². The summed E-state index contributed by atoms with van der Waals surface area (Å²) in [4.78, 5) is 11.7. The lowest BCUT2D eigenvalue weighted by Crippen LogP contribution is -2.26. The van der Waals surface area contributed by atoms with Gasteiger partial charge in [0.05, 0.1) is 0 Å². The minimum Gasteiger partial charge on any atom is -0.484 e. The molecule has 1 aromatic rings. The molecule has 0 heterocycles. The number of carbonyl (C=O) groups excluding carboxylic acids is 1. The van der Waals surface area contributed by atoms with E-state index in [2.05, 4.69) is 33.4 Å². The molecular formula is C15H19BrN2O2. The molecule has 4 nitrogen and oxygen atoms in total. The Hall–Kier alpha value is -1.36. The fourth-order valence-electron chi connectivity index (χ4n) is 2.33. The molecule has 0 radical (unpaired) electrons. The van der Waals surface area contributed by atoms with Crippen molar-refractivity contribution in [2.75, 3.05) is 6.61 Å². The first-order valence-corrected chi connectivity index (χ1v) is 7.72. The number of halogens is 1. The minimum atomic E-state index is -0.220. The highest BCUT2D eigenvalue weighted by Gasteiger charge is 2.20. The predicted molar refractivity (Wildman–Crippen MR) is 82.8 cm³/mol. The van der Waals surface area contributed by atoms with Crippen LogP contribution >= 0.6 is 15.9 Å². The van der Waals surface area contributed by atoms with E-state index in [-0.39, 0.29) is 12.5 Å². The third kappa shape index (κ3) is 4.34. The molecule has 0 aromatic heterocycles. The lowest BCUT2D eigenvalue weighted by atomic mass is 10.0. The van der Waals surface area contributed by atoms with Gasteiger partial charge in [-0.25, -0.2) is 5.43 Å². The summed E-state index contributed by atoms with van der Waals surface area (Å²) in [6.45, 7) is 2.14. The predicted octanol–water partition coefficient (Wildman–Crippen LogP) is 3.51. The molecule has 0 saturated heterocycles. The number of benzene rings is 1. The zero-order chi connectivity index (χ0) is 14.4. The molecule has 20 heavy (non-hydrogen) atoms. The number of hydrogen-bond acceptors (Lipinski definition) is 3. The Morgan fingerprint density at radius 1 is 1.45 bits per heavy atom. The van der Waals surface area contributed by atoms with Gasteiger partial charge in [0.1, 0.15) is 5.75 Å². The van der Waals surface area contributed by atoms with Gasteiger partial charge in [-0.05, 0) is 55.9 Å². The molecule has 1 saturated carbocycles. The Balaban J connectivity index is 1.78. The molecule has 5 heteroatoms. The normalized spacial score (nSPS) is 20.1. The summed E-state index contributed by atoms with van der Waals surface area (Å²) in [5, 5.41) is 4.23. The third-order valence-electron chi connectivity index (χ3n) is 3.46. The Kier molecular flexibility index (Phi) is 5.59. The number of ether oxygens (including phenoxy) is 1. The molecule has 1 unspecified atom stereocenters. The second-order valence-corrected chi connectivity index (χ2v) is 5.79. The second-order valence-electron chi connectivity index (χ2n) is 4.88. The monoisotopic (exact) mass is 338 g/mol. The van der Waals surface area contributed by atoms with Crippen molar-refractivity contribution in [2.24, 2.45) is 11.0 Å². The van der Waals surface area contributed by atoms with Gasteiger partial charge in [-0.2, -0.15) is 5.10 Å². The molecule has 1 aliphatic rings. The smallest absolute Gasteiger partial charge is 0.277 e. The average Bonchev–Trinajstić information content (AvgIpc) is 2.92. The number of amides is 1. The van der Waals surface area contributed by atoms with E-state index in [1.807, 2.05) is 24.3 Å². The molecule has 1 aromatic carbocycles. The molecule has 1 aliphatic carbocycles. The number of nitrogens with one attached hydrogen (secondary N) is 1. The fourth-order valence-corrected chi connectivity index (χ4v) is 2.60. The molecule has 1 N–H and O–H groups in total. The van der Waals surface area contributed by atoms with Crippen molar-refractivity contribution in [1.82, 2.24) is 5.43 Å². The number of carbonyl (C=O) groups is 1. The maximum atomic E-state index is 11.7. The van der Waals surface area contributed by atoms with E-state index >= 15 is 0 Å². The van der Waals surface area contributed by atoms with Crippen LogP contribution in [-0.2, 0) is 4.79 Å². The quantitative estimate of drug-likeness (QED) is 0.835. The van der Waals surface area contributed by atoms with Crippen LogP contribution in [0.5, 0.6) is 5.75 Å². The highest BCUT2D eigenvalue weighted by molar-refractivity contribution is 9.10. The van der Waals surface area contributed by atoms with E-state index in [0.717, 1.165) is 23.0 Å². The molecule has 2 rings (SSSR count). The lowest BCUT2D eigenvalue weighted by Gasteiger charge is -2.08. The van der Waals surface area contributed by atoms with Crippen LogP contribution in [0.1, 0.15) is 32.6 Å². The van der Waals surface area contributed by atoms with Gasteiger partial charge in [-0.1, -0.05) is 22.9 Å². The van der Waals surface area contributed by atoms with Gasteiger partial charge in [-0.15, -0.1) is 0 Å². The van der Waals surface area contributed by atoms with Crippen LogP contribution in [0.25, 0.3) is 0 Å². The first-order chi connectivity index (χ1) is 9.69. The van der Waals surface area contributed by atoms with Gasteiger partial charge in [0.2, 0.25) is 0 Å². The molecule has 1 amide bonds. The van der Waals surface area contributed by atoms with Crippen molar-refractivity contribution in [3.8, 4) is 5.75 Å². The van der Waals surface area contributed by atoms with Gasteiger partial charge >= 0.3 is 0 Å². The van der Waals surface area contributed by atoms with Crippen molar-refractivity contribution in [3.63, 3.8) is 0 Å². The number of hydrogen-bond donors (Lipinski definition) is 1. The summed E-state index contributed by atoms with van der Waals surface area (Å²) >= 11 is 3.35. The summed E-state index contributed by atoms with van der Waals surface area (Å²) in [6.07, 6.45) is 4.43. The number of rotatable bonds is 5. The zero-order valence-electron chi connectivity index (χ0n) is 11.6. The molecule has 108 valence electrons. The summed E-state index contributed by atoms with van der Waals surface area (Å²) in [5.74, 6) is 0.980. The lowest BCUT2D eigenvalue weighted by molar-refractivity contribution is -0.123. The number of nitrogens with zero attached hydrogens (tertiary/aromatic N) is 1. The summed E-state index contributed by atoms with van der Waals surface area (Å²) in [6, 6.07) is 7.37. The van der Waals surface area contributed by atoms with Crippen molar-refractivity contribution in [1.29, 1.82) is 0 Å². The summed E-state index contributed by atoms with van der Waals surface area (Å²) in [7, 11) is 0. The largest absolute Gasteiger partial charge is 0.484 e. The zero-order valence-corrected chi connectivity index (χ0v) is 13.1. The van der Waals surface area contributed by atoms with Gasteiger partial charge in [0.15, 0.2) is 6.61 Å². The van der Waals surface area contributed by atoms with E-state index < -0.39 is 0 Å². The van der Waals surface area contributed by atoms with Crippen LogP contribution in [0.4, 0.5) is 0 Å². The standard InChI is InChI=1S/C15H19BrN2O2/c1-2-11-4-3-5-14(11)17-18-15(19)10-20-13-8-6-12(16)7-9-13/h6-9,11H,2-5,10H2,1H3,(H,18,19). The maximum Gasteiger partial charge on any atom is 0.277 e. The topological polar surface area (TPSA) is 50.7 Å². The summed E-state index contributed by atoms with van der Waals surface area (Å²) < 4.78 is 6.37. The van der Waals surface area contributed by atoms with Gasteiger partial charge in [0.25, 0.3) is 5.91 Å². The molecule has 1 atom stereocenters. The van der Waals surface area contributed by atoms with E-state index in [4.69, 9.17) is 4.74 Å². The van der Waals surface area contributed by atoms with Gasteiger partial charge in [-0.3, -0.25) is 4.79 Å². The third-order valence-corrected chi connectivity index (χ3v) is 3.99. The SMILES string of the molecule is CCC1CCCC1=NNC(=O)COc1ccc(Br)cc1. The Bertz CT molecular complexity index is 485. The Morgan fingerprint density at radius 3 is 2.90 bits per heavy atom. The van der Waals surface area contributed by atoms with E-state index in [1.165, 1.54) is 12.8 Å². The minimum absolute atomic E-state index is 0.0186. The molecule has 0 bridgehead atoms. The summed E-state index contributed by atoms with van der Waals surface area (Å²) in [5.41, 5.74) is 3.70. The van der Waals surface area contributed by atoms with Crippen LogP contribution in [0.3, 0.4) is 0 Å². The van der Waals surface area contributed by atoms with E-state index in [9.17, 15) is 4.79 Å². The molecule has 0 aliphatic heterocycles. The number of hydrazone groups is 1. The van der Waals surface area contributed by atoms with Crippen molar-refractivity contribution >= 4 is 27.5 Å². The maximum absolute atomic E-state index is 11.7. The molecular weight excluding hydrogens is 320 g/mol.